The first-order chi connectivity index (χ1) is 7.90. The molecule has 17 heavy (non-hydrogen) atoms. The molecular formula is C12H17N3O2. The number of aromatic nitrogens is 1. The molecule has 0 saturated heterocycles. The number of hydrogen-bond acceptors (Lipinski definition) is 4. The number of carboxylic acid groups (broad SMARTS) is 1. The lowest BCUT2D eigenvalue weighted by Crippen LogP contribution is -2.33. The minimum atomic E-state index is -1.03. The maximum Gasteiger partial charge on any atom is 0.337 e. The van der Waals surface area contributed by atoms with Gasteiger partial charge in [-0.25, -0.2) is 9.78 Å². The van der Waals surface area contributed by atoms with Crippen molar-refractivity contribution in [2.45, 2.75) is 32.2 Å². The Morgan fingerprint density at radius 2 is 2.24 bits per heavy atom. The highest BCUT2D eigenvalue weighted by Gasteiger charge is 2.37. The van der Waals surface area contributed by atoms with E-state index in [9.17, 15) is 4.79 Å². The van der Waals surface area contributed by atoms with Crippen molar-refractivity contribution < 1.29 is 9.90 Å². The van der Waals surface area contributed by atoms with Crippen LogP contribution in [-0.2, 0) is 0 Å². The van der Waals surface area contributed by atoms with Crippen molar-refractivity contribution in [3.63, 3.8) is 0 Å². The van der Waals surface area contributed by atoms with Crippen LogP contribution in [0.2, 0.25) is 0 Å². The SMILES string of the molecule is CC(C)(Nc1cc(C(=O)O)c(N)cn1)C1CC1. The maximum absolute atomic E-state index is 11.0. The fraction of sp³-hybridized carbons (Fsp3) is 0.500. The predicted octanol–water partition coefficient (Wildman–Crippen LogP) is 1.96. The normalized spacial score (nSPS) is 15.6. The zero-order valence-corrected chi connectivity index (χ0v) is 10.0. The molecule has 5 nitrogen and oxygen atoms in total. The predicted molar refractivity (Wildman–Crippen MR) is 66.0 cm³/mol. The molecule has 1 aliphatic rings. The van der Waals surface area contributed by atoms with E-state index in [-0.39, 0.29) is 16.8 Å². The molecule has 1 heterocycles. The van der Waals surface area contributed by atoms with Crippen molar-refractivity contribution >= 4 is 17.5 Å². The van der Waals surface area contributed by atoms with Crippen LogP contribution in [0.1, 0.15) is 37.0 Å². The summed E-state index contributed by atoms with van der Waals surface area (Å²) < 4.78 is 0. The van der Waals surface area contributed by atoms with Crippen LogP contribution in [0.4, 0.5) is 11.5 Å². The van der Waals surface area contributed by atoms with Crippen LogP contribution < -0.4 is 11.1 Å². The quantitative estimate of drug-likeness (QED) is 0.742. The number of nitrogens with zero attached hydrogens (tertiary/aromatic N) is 1. The number of carbonyl (C=O) groups is 1. The van der Waals surface area contributed by atoms with Gasteiger partial charge in [-0.2, -0.15) is 0 Å². The van der Waals surface area contributed by atoms with E-state index in [2.05, 4.69) is 24.1 Å². The van der Waals surface area contributed by atoms with E-state index in [0.29, 0.717) is 11.7 Å². The third-order valence-corrected chi connectivity index (χ3v) is 3.21. The molecule has 4 N–H and O–H groups in total. The Kier molecular flexibility index (Phi) is 2.69. The number of hydrogen-bond donors (Lipinski definition) is 3. The summed E-state index contributed by atoms with van der Waals surface area (Å²) in [7, 11) is 0. The third kappa shape index (κ3) is 2.49. The Bertz CT molecular complexity index is 453. The van der Waals surface area contributed by atoms with Crippen LogP contribution in [-0.4, -0.2) is 21.6 Å². The van der Waals surface area contributed by atoms with E-state index in [1.165, 1.54) is 25.1 Å². The van der Waals surface area contributed by atoms with Gasteiger partial charge in [0.05, 0.1) is 17.4 Å². The van der Waals surface area contributed by atoms with E-state index in [1.54, 1.807) is 0 Å². The number of nitrogen functional groups attached to an aromatic ring is 1. The van der Waals surface area contributed by atoms with E-state index < -0.39 is 5.97 Å². The zero-order valence-electron chi connectivity index (χ0n) is 10.0. The summed E-state index contributed by atoms with van der Waals surface area (Å²) in [5, 5.41) is 12.2. The van der Waals surface area contributed by atoms with Crippen molar-refractivity contribution in [3.05, 3.63) is 17.8 Å². The van der Waals surface area contributed by atoms with Crippen LogP contribution in [0.15, 0.2) is 12.3 Å². The Hall–Kier alpha value is -1.78. The number of rotatable bonds is 4. The van der Waals surface area contributed by atoms with Crippen LogP contribution in [0.25, 0.3) is 0 Å². The lowest BCUT2D eigenvalue weighted by molar-refractivity contribution is 0.0698. The molecule has 0 aliphatic heterocycles. The lowest BCUT2D eigenvalue weighted by atomic mass is 9.99. The summed E-state index contributed by atoms with van der Waals surface area (Å²) in [6.07, 6.45) is 3.80. The molecule has 1 aromatic heterocycles. The van der Waals surface area contributed by atoms with Gasteiger partial charge < -0.3 is 16.2 Å². The second kappa shape index (κ2) is 3.91. The fourth-order valence-corrected chi connectivity index (χ4v) is 1.96. The molecule has 0 aromatic carbocycles. The maximum atomic E-state index is 11.0. The number of pyridine rings is 1. The number of nitrogens with two attached hydrogens (primary N) is 1. The summed E-state index contributed by atoms with van der Waals surface area (Å²) in [5.74, 6) is 0.167. The number of aromatic carboxylic acids is 1. The average molecular weight is 235 g/mol. The molecule has 0 radical (unpaired) electrons. The average Bonchev–Trinajstić information content (AvgIpc) is 3.03. The first-order valence-corrected chi connectivity index (χ1v) is 5.67. The zero-order chi connectivity index (χ0) is 12.6. The van der Waals surface area contributed by atoms with Crippen molar-refractivity contribution in [1.29, 1.82) is 0 Å². The Balaban J connectivity index is 2.21. The molecule has 92 valence electrons. The van der Waals surface area contributed by atoms with Gasteiger partial charge in [0.1, 0.15) is 5.82 Å². The monoisotopic (exact) mass is 235 g/mol. The smallest absolute Gasteiger partial charge is 0.337 e. The summed E-state index contributed by atoms with van der Waals surface area (Å²) in [4.78, 5) is 15.1. The van der Waals surface area contributed by atoms with Gasteiger partial charge in [0.15, 0.2) is 0 Å². The molecule has 0 unspecified atom stereocenters. The van der Waals surface area contributed by atoms with Gasteiger partial charge in [-0.1, -0.05) is 0 Å². The summed E-state index contributed by atoms with van der Waals surface area (Å²) >= 11 is 0. The summed E-state index contributed by atoms with van der Waals surface area (Å²) in [6, 6.07) is 1.49. The minimum Gasteiger partial charge on any atom is -0.478 e. The molecule has 0 atom stereocenters. The molecule has 1 fully saturated rings. The lowest BCUT2D eigenvalue weighted by Gasteiger charge is -2.27. The largest absolute Gasteiger partial charge is 0.478 e. The fourth-order valence-electron chi connectivity index (χ4n) is 1.96. The van der Waals surface area contributed by atoms with Crippen LogP contribution in [0.5, 0.6) is 0 Å². The van der Waals surface area contributed by atoms with E-state index >= 15 is 0 Å². The van der Waals surface area contributed by atoms with Gasteiger partial charge in [0.2, 0.25) is 0 Å². The molecule has 0 bridgehead atoms. The molecule has 0 spiro atoms. The van der Waals surface area contributed by atoms with Gasteiger partial charge in [0.25, 0.3) is 0 Å². The van der Waals surface area contributed by atoms with E-state index in [4.69, 9.17) is 10.8 Å². The third-order valence-electron chi connectivity index (χ3n) is 3.21. The second-order valence-corrected chi connectivity index (χ2v) is 5.08. The first-order valence-electron chi connectivity index (χ1n) is 5.67. The van der Waals surface area contributed by atoms with Gasteiger partial charge in [-0.05, 0) is 38.7 Å². The Labute approximate surface area is 100 Å². The molecule has 1 aromatic rings. The van der Waals surface area contributed by atoms with Gasteiger partial charge >= 0.3 is 5.97 Å². The molecule has 1 aliphatic carbocycles. The highest BCUT2D eigenvalue weighted by Crippen LogP contribution is 2.40. The molecule has 2 rings (SSSR count). The summed E-state index contributed by atoms with van der Waals surface area (Å²) in [5.41, 5.74) is 5.78. The van der Waals surface area contributed by atoms with Crippen molar-refractivity contribution in [2.24, 2.45) is 5.92 Å². The van der Waals surface area contributed by atoms with E-state index in [0.717, 1.165) is 0 Å². The van der Waals surface area contributed by atoms with Crippen LogP contribution in [0, 0.1) is 5.92 Å². The molecular weight excluding hydrogens is 218 g/mol. The van der Waals surface area contributed by atoms with Crippen LogP contribution in [0.3, 0.4) is 0 Å². The highest BCUT2D eigenvalue weighted by molar-refractivity contribution is 5.94. The number of carboxylic acids is 1. The number of anilines is 2. The standard InChI is InChI=1S/C12H17N3O2/c1-12(2,7-3-4-7)15-10-5-8(11(16)17)9(13)6-14-10/h5-7H,3-4,13H2,1-2H3,(H,14,15)(H,16,17). The Morgan fingerprint density at radius 1 is 1.59 bits per heavy atom. The van der Waals surface area contributed by atoms with E-state index in [1.807, 2.05) is 0 Å². The van der Waals surface area contributed by atoms with Gasteiger partial charge in [-0.3, -0.25) is 0 Å². The second-order valence-electron chi connectivity index (χ2n) is 5.08. The highest BCUT2D eigenvalue weighted by atomic mass is 16.4. The topological polar surface area (TPSA) is 88.2 Å². The van der Waals surface area contributed by atoms with Crippen LogP contribution >= 0.6 is 0 Å². The molecule has 1 saturated carbocycles. The number of nitrogens with one attached hydrogen (secondary N) is 1. The minimum absolute atomic E-state index is 0.0567. The summed E-state index contributed by atoms with van der Waals surface area (Å²) in [6.45, 7) is 4.20. The van der Waals surface area contributed by atoms with Gasteiger partial charge in [0, 0.05) is 5.54 Å². The van der Waals surface area contributed by atoms with Crippen molar-refractivity contribution in [1.82, 2.24) is 4.98 Å². The first kappa shape index (κ1) is 11.7. The van der Waals surface area contributed by atoms with Crippen molar-refractivity contribution in [3.8, 4) is 0 Å². The molecule has 5 heteroatoms. The Morgan fingerprint density at radius 3 is 2.76 bits per heavy atom. The van der Waals surface area contributed by atoms with Gasteiger partial charge in [-0.15, -0.1) is 0 Å². The molecule has 0 amide bonds. The van der Waals surface area contributed by atoms with Crippen molar-refractivity contribution in [2.75, 3.05) is 11.1 Å².